The van der Waals surface area contributed by atoms with Crippen molar-refractivity contribution in [2.75, 3.05) is 5.32 Å². The van der Waals surface area contributed by atoms with Gasteiger partial charge in [-0.3, -0.25) is 9.89 Å². The van der Waals surface area contributed by atoms with Crippen molar-refractivity contribution in [1.82, 2.24) is 34.5 Å². The third kappa shape index (κ3) is 3.63. The summed E-state index contributed by atoms with van der Waals surface area (Å²) in [5, 5.41) is 13.3. The number of nitrogens with one attached hydrogen (secondary N) is 2. The van der Waals surface area contributed by atoms with E-state index in [1.807, 2.05) is 6.92 Å². The molecule has 4 aromatic heterocycles. The van der Waals surface area contributed by atoms with Crippen molar-refractivity contribution in [1.29, 1.82) is 0 Å². The van der Waals surface area contributed by atoms with Gasteiger partial charge in [-0.15, -0.1) is 5.10 Å². The third-order valence-corrected chi connectivity index (χ3v) is 4.30. The molecule has 0 amide bonds. The van der Waals surface area contributed by atoms with Crippen LogP contribution in [0.1, 0.15) is 18.5 Å². The molecule has 0 bridgehead atoms. The summed E-state index contributed by atoms with van der Waals surface area (Å²) in [5.74, 6) is 0.375. The van der Waals surface area contributed by atoms with Gasteiger partial charge in [0.2, 0.25) is 5.88 Å². The van der Waals surface area contributed by atoms with Crippen LogP contribution in [0.15, 0.2) is 41.6 Å². The highest BCUT2D eigenvalue weighted by Crippen LogP contribution is 2.22. The van der Waals surface area contributed by atoms with Crippen LogP contribution in [0.25, 0.3) is 11.2 Å². The third-order valence-electron chi connectivity index (χ3n) is 4.30. The summed E-state index contributed by atoms with van der Waals surface area (Å²) in [5.41, 5.74) is 1.43. The number of hydrogen-bond acceptors (Lipinski definition) is 7. The predicted octanol–water partition coefficient (Wildman–Crippen LogP) is 2.20. The van der Waals surface area contributed by atoms with E-state index in [1.54, 1.807) is 36.3 Å². The Kier molecular flexibility index (Phi) is 4.66. The van der Waals surface area contributed by atoms with Gasteiger partial charge in [0, 0.05) is 24.9 Å². The van der Waals surface area contributed by atoms with Crippen LogP contribution in [0, 0.1) is 0 Å². The van der Waals surface area contributed by atoms with Crippen molar-refractivity contribution in [3.8, 4) is 5.88 Å². The molecule has 10 nitrogen and oxygen atoms in total. The average molecular weight is 402 g/mol. The number of ether oxygens (including phenoxy) is 1. The summed E-state index contributed by atoms with van der Waals surface area (Å²) in [4.78, 5) is 21.2. The average Bonchev–Trinajstić information content (AvgIpc) is 3.29. The van der Waals surface area contributed by atoms with Gasteiger partial charge in [0.1, 0.15) is 11.3 Å². The topological polar surface area (TPSA) is 116 Å². The Morgan fingerprint density at radius 1 is 1.31 bits per heavy atom. The van der Waals surface area contributed by atoms with Gasteiger partial charge < -0.3 is 14.6 Å². The molecule has 0 aliphatic rings. The molecule has 0 spiro atoms. The van der Waals surface area contributed by atoms with Gasteiger partial charge in [0.05, 0.1) is 18.4 Å². The normalized spacial score (nSPS) is 12.4. The Hall–Kier alpha value is -3.83. The summed E-state index contributed by atoms with van der Waals surface area (Å²) >= 11 is 0. The molecule has 0 aliphatic carbocycles. The first-order valence-electron chi connectivity index (χ1n) is 8.55. The van der Waals surface area contributed by atoms with E-state index in [-0.39, 0.29) is 17.5 Å². The van der Waals surface area contributed by atoms with E-state index in [4.69, 9.17) is 0 Å². The highest BCUT2D eigenvalue weighted by atomic mass is 19.3. The van der Waals surface area contributed by atoms with Crippen molar-refractivity contribution >= 4 is 22.8 Å². The SMILES string of the molecule is C[C@@H](c1cccn(C)c1=O)n1ncc2ncc(Nc3cc(OC(F)F)n[nH]3)nc21. The number of H-pyrrole nitrogens is 1. The summed E-state index contributed by atoms with van der Waals surface area (Å²) in [6, 6.07) is 4.42. The van der Waals surface area contributed by atoms with Crippen molar-refractivity contribution in [2.24, 2.45) is 7.05 Å². The maximum atomic E-state index is 12.4. The van der Waals surface area contributed by atoms with Crippen LogP contribution < -0.4 is 15.6 Å². The van der Waals surface area contributed by atoms with Crippen LogP contribution in [0.3, 0.4) is 0 Å². The zero-order valence-corrected chi connectivity index (χ0v) is 15.4. The molecule has 0 aromatic carbocycles. The Labute approximate surface area is 162 Å². The Morgan fingerprint density at radius 3 is 2.93 bits per heavy atom. The van der Waals surface area contributed by atoms with Gasteiger partial charge in [0.15, 0.2) is 11.5 Å². The molecule has 0 aliphatic heterocycles. The number of pyridine rings is 1. The minimum absolute atomic E-state index is 0.130. The van der Waals surface area contributed by atoms with E-state index in [2.05, 4.69) is 35.3 Å². The highest BCUT2D eigenvalue weighted by molar-refractivity contribution is 5.72. The molecule has 12 heteroatoms. The van der Waals surface area contributed by atoms with Gasteiger partial charge in [-0.2, -0.15) is 13.9 Å². The van der Waals surface area contributed by atoms with Crippen LogP contribution in [-0.2, 0) is 7.05 Å². The number of fused-ring (bicyclic) bond motifs is 1. The Bertz CT molecular complexity index is 1220. The fourth-order valence-electron chi connectivity index (χ4n) is 2.89. The molecular weight excluding hydrogens is 386 g/mol. The van der Waals surface area contributed by atoms with Crippen LogP contribution >= 0.6 is 0 Å². The van der Waals surface area contributed by atoms with E-state index in [0.29, 0.717) is 28.4 Å². The molecule has 0 radical (unpaired) electrons. The van der Waals surface area contributed by atoms with Crippen molar-refractivity contribution in [3.05, 3.63) is 52.7 Å². The number of aromatic nitrogens is 7. The number of halogens is 2. The maximum Gasteiger partial charge on any atom is 0.388 e. The number of alkyl halides is 2. The first-order valence-corrected chi connectivity index (χ1v) is 8.55. The molecule has 4 rings (SSSR count). The predicted molar refractivity (Wildman–Crippen MR) is 99.3 cm³/mol. The first-order chi connectivity index (χ1) is 13.9. The quantitative estimate of drug-likeness (QED) is 0.508. The summed E-state index contributed by atoms with van der Waals surface area (Å²) < 4.78 is 31.8. The van der Waals surface area contributed by atoms with E-state index in [9.17, 15) is 13.6 Å². The van der Waals surface area contributed by atoms with E-state index >= 15 is 0 Å². The molecule has 1 atom stereocenters. The number of aromatic amines is 1. The second kappa shape index (κ2) is 7.30. The number of nitrogens with zero attached hydrogens (tertiary/aromatic N) is 6. The van der Waals surface area contributed by atoms with Crippen LogP contribution in [0.5, 0.6) is 5.88 Å². The lowest BCUT2D eigenvalue weighted by molar-refractivity contribution is -0.0528. The second-order valence-corrected chi connectivity index (χ2v) is 6.23. The van der Waals surface area contributed by atoms with Crippen LogP contribution in [0.4, 0.5) is 20.4 Å². The Balaban J connectivity index is 1.65. The minimum atomic E-state index is -2.97. The van der Waals surface area contributed by atoms with Crippen LogP contribution in [-0.4, -0.2) is 41.1 Å². The van der Waals surface area contributed by atoms with Crippen LogP contribution in [0.2, 0.25) is 0 Å². The molecule has 0 unspecified atom stereocenters. The fourth-order valence-corrected chi connectivity index (χ4v) is 2.89. The van der Waals surface area contributed by atoms with Gasteiger partial charge in [0.25, 0.3) is 5.56 Å². The highest BCUT2D eigenvalue weighted by Gasteiger charge is 2.18. The lowest BCUT2D eigenvalue weighted by Crippen LogP contribution is -2.24. The fraction of sp³-hybridized carbons (Fsp3) is 0.235. The monoisotopic (exact) mass is 402 g/mol. The van der Waals surface area contributed by atoms with E-state index in [0.717, 1.165) is 0 Å². The summed E-state index contributed by atoms with van der Waals surface area (Å²) in [6.45, 7) is -1.13. The van der Waals surface area contributed by atoms with Crippen molar-refractivity contribution in [2.45, 2.75) is 19.6 Å². The maximum absolute atomic E-state index is 12.4. The van der Waals surface area contributed by atoms with Gasteiger partial charge >= 0.3 is 6.61 Å². The molecule has 2 N–H and O–H groups in total. The van der Waals surface area contributed by atoms with Gasteiger partial charge in [-0.05, 0) is 19.1 Å². The minimum Gasteiger partial charge on any atom is -0.415 e. The summed E-state index contributed by atoms with van der Waals surface area (Å²) in [7, 11) is 1.68. The second-order valence-electron chi connectivity index (χ2n) is 6.23. The van der Waals surface area contributed by atoms with E-state index < -0.39 is 6.61 Å². The number of rotatable bonds is 6. The lowest BCUT2D eigenvalue weighted by atomic mass is 10.1. The molecule has 4 heterocycles. The molecule has 29 heavy (non-hydrogen) atoms. The molecule has 4 aromatic rings. The Morgan fingerprint density at radius 2 is 2.14 bits per heavy atom. The smallest absolute Gasteiger partial charge is 0.388 e. The molecular formula is C17H16F2N8O2. The largest absolute Gasteiger partial charge is 0.415 e. The molecule has 0 fully saturated rings. The van der Waals surface area contributed by atoms with Gasteiger partial charge in [-0.25, -0.2) is 14.6 Å². The van der Waals surface area contributed by atoms with E-state index in [1.165, 1.54) is 16.8 Å². The molecule has 0 saturated heterocycles. The summed E-state index contributed by atoms with van der Waals surface area (Å²) in [6.07, 6.45) is 4.70. The number of aryl methyl sites for hydroxylation is 1. The lowest BCUT2D eigenvalue weighted by Gasteiger charge is -2.13. The zero-order chi connectivity index (χ0) is 20.5. The zero-order valence-electron chi connectivity index (χ0n) is 15.4. The van der Waals surface area contributed by atoms with Crippen molar-refractivity contribution < 1.29 is 13.5 Å². The molecule has 0 saturated carbocycles. The molecule has 150 valence electrons. The number of anilines is 2. The van der Waals surface area contributed by atoms with Gasteiger partial charge in [-0.1, -0.05) is 0 Å². The van der Waals surface area contributed by atoms with Crippen molar-refractivity contribution in [3.63, 3.8) is 0 Å². The standard InChI is InChI=1S/C17H16F2N8O2/c1-9(10-4-3-5-26(2)16(10)28)27-15-11(7-21-27)20-8-13(23-15)22-12-6-14(25-24-12)29-17(18)19/h3-9,17H,1-2H3,(H2,22,23,24,25)/t9-/m0/s1. The first kappa shape index (κ1) is 18.5. The number of hydrogen-bond donors (Lipinski definition) is 2.